The van der Waals surface area contributed by atoms with Gasteiger partial charge in [-0.1, -0.05) is 12.1 Å². The Morgan fingerprint density at radius 1 is 1.26 bits per heavy atom. The lowest BCUT2D eigenvalue weighted by atomic mass is 10.0. The largest absolute Gasteiger partial charge is 0.467 e. The number of hydrogen-bond acceptors (Lipinski definition) is 7. The van der Waals surface area contributed by atoms with Crippen molar-refractivity contribution >= 4 is 38.2 Å². The number of nitro benzene ring substituents is 1. The van der Waals surface area contributed by atoms with E-state index in [0.29, 0.717) is 10.8 Å². The number of fused-ring (bicyclic) bond motifs is 1. The number of nitro groups is 1. The van der Waals surface area contributed by atoms with E-state index in [1.807, 2.05) is 0 Å². The van der Waals surface area contributed by atoms with E-state index in [0.717, 1.165) is 13.4 Å². The maximum Gasteiger partial charge on any atom is 0.328 e. The average molecular weight is 394 g/mol. The predicted molar refractivity (Wildman–Crippen MR) is 98.2 cm³/mol. The molecule has 2 aromatic rings. The van der Waals surface area contributed by atoms with Crippen molar-refractivity contribution in [2.45, 2.75) is 12.5 Å². The van der Waals surface area contributed by atoms with Gasteiger partial charge >= 0.3 is 5.97 Å². The van der Waals surface area contributed by atoms with Crippen LogP contribution >= 0.6 is 0 Å². The Morgan fingerprint density at radius 2 is 1.96 bits per heavy atom. The summed E-state index contributed by atoms with van der Waals surface area (Å²) in [7, 11) is -2.19. The van der Waals surface area contributed by atoms with Gasteiger partial charge in [0.1, 0.15) is 15.9 Å². The molecule has 1 amide bonds. The Hall–Kier alpha value is -3.01. The van der Waals surface area contributed by atoms with Gasteiger partial charge in [-0.15, -0.1) is 0 Å². The lowest BCUT2D eigenvalue weighted by Gasteiger charge is -2.16. The molecular weight excluding hydrogens is 376 g/mol. The third-order valence-corrected chi connectivity index (χ3v) is 4.87. The highest BCUT2D eigenvalue weighted by molar-refractivity contribution is 7.90. The number of carbonyl (C=O) groups excluding carboxylic acids is 2. The fourth-order valence-corrected chi connectivity index (χ4v) is 3.21. The number of non-ortho nitro benzene ring substituents is 1. The van der Waals surface area contributed by atoms with E-state index in [9.17, 15) is 28.1 Å². The topological polar surface area (TPSA) is 133 Å². The van der Waals surface area contributed by atoms with Gasteiger partial charge in [-0.2, -0.15) is 0 Å². The minimum absolute atomic E-state index is 0.111. The van der Waals surface area contributed by atoms with E-state index >= 15 is 0 Å². The number of hydrogen-bond donors (Lipinski definition) is 1. The molecule has 0 spiro atoms. The molecule has 0 bridgehead atoms. The van der Waals surface area contributed by atoms with Gasteiger partial charge in [-0.05, 0) is 29.3 Å². The van der Waals surface area contributed by atoms with Crippen LogP contribution in [0.4, 0.5) is 5.69 Å². The number of sulfone groups is 1. The molecule has 2 rings (SSSR count). The van der Waals surface area contributed by atoms with Crippen molar-refractivity contribution in [2.75, 3.05) is 19.1 Å². The molecule has 0 radical (unpaired) electrons. The fourth-order valence-electron chi connectivity index (χ4n) is 2.54. The van der Waals surface area contributed by atoms with E-state index < -0.39 is 32.7 Å². The lowest BCUT2D eigenvalue weighted by molar-refractivity contribution is -0.384. The molecule has 0 heterocycles. The fraction of sp³-hybridized carbons (Fsp3) is 0.294. The van der Waals surface area contributed by atoms with Crippen LogP contribution in [0.15, 0.2) is 36.4 Å². The van der Waals surface area contributed by atoms with Crippen molar-refractivity contribution < 1.29 is 27.7 Å². The molecule has 27 heavy (non-hydrogen) atoms. The highest BCUT2D eigenvalue weighted by Gasteiger charge is 2.24. The zero-order valence-electron chi connectivity index (χ0n) is 14.7. The van der Waals surface area contributed by atoms with Crippen LogP contribution in [0.5, 0.6) is 0 Å². The maximum atomic E-state index is 12.6. The number of nitrogens with zero attached hydrogens (tertiary/aromatic N) is 1. The van der Waals surface area contributed by atoms with Gasteiger partial charge in [0.2, 0.25) is 0 Å². The van der Waals surface area contributed by atoms with Crippen LogP contribution in [0.25, 0.3) is 10.8 Å². The van der Waals surface area contributed by atoms with Crippen LogP contribution in [-0.4, -0.2) is 50.4 Å². The third-order valence-electron chi connectivity index (χ3n) is 3.89. The van der Waals surface area contributed by atoms with Crippen LogP contribution < -0.4 is 5.32 Å². The molecule has 10 heteroatoms. The van der Waals surface area contributed by atoms with Gasteiger partial charge in [0.15, 0.2) is 0 Å². The van der Waals surface area contributed by atoms with Gasteiger partial charge in [-0.25, -0.2) is 13.2 Å². The number of amides is 1. The summed E-state index contributed by atoms with van der Waals surface area (Å²) in [5, 5.41) is 14.3. The van der Waals surface area contributed by atoms with Crippen LogP contribution in [0.1, 0.15) is 16.8 Å². The number of carbonyl (C=O) groups is 2. The quantitative estimate of drug-likeness (QED) is 0.427. The molecule has 0 aliphatic carbocycles. The monoisotopic (exact) mass is 394 g/mol. The van der Waals surface area contributed by atoms with Crippen molar-refractivity contribution in [1.82, 2.24) is 5.32 Å². The summed E-state index contributed by atoms with van der Waals surface area (Å²) in [5.74, 6) is -1.67. The van der Waals surface area contributed by atoms with Gasteiger partial charge in [0.25, 0.3) is 11.6 Å². The first kappa shape index (κ1) is 20.3. The second kappa shape index (κ2) is 8.12. The summed E-state index contributed by atoms with van der Waals surface area (Å²) in [6.07, 6.45) is 0.897. The number of nitrogens with one attached hydrogen (secondary N) is 1. The van der Waals surface area contributed by atoms with Crippen molar-refractivity contribution in [1.29, 1.82) is 0 Å². The number of methoxy groups -OCH3 is 1. The number of esters is 1. The zero-order valence-corrected chi connectivity index (χ0v) is 15.5. The molecular formula is C17H18N2O7S. The van der Waals surface area contributed by atoms with Crippen molar-refractivity contribution in [3.63, 3.8) is 0 Å². The summed E-state index contributed by atoms with van der Waals surface area (Å²) >= 11 is 0. The highest BCUT2D eigenvalue weighted by Crippen LogP contribution is 2.24. The second-order valence-electron chi connectivity index (χ2n) is 5.94. The van der Waals surface area contributed by atoms with Crippen molar-refractivity contribution in [3.8, 4) is 0 Å². The number of rotatable bonds is 7. The smallest absolute Gasteiger partial charge is 0.328 e. The van der Waals surface area contributed by atoms with Crippen molar-refractivity contribution in [3.05, 3.63) is 52.1 Å². The Balaban J connectivity index is 2.32. The van der Waals surface area contributed by atoms with Crippen LogP contribution in [0.3, 0.4) is 0 Å². The normalized spacial score (nSPS) is 12.4. The lowest BCUT2D eigenvalue weighted by Crippen LogP contribution is -2.42. The Bertz CT molecular complexity index is 1000. The van der Waals surface area contributed by atoms with E-state index in [1.54, 1.807) is 12.1 Å². The molecule has 1 N–H and O–H groups in total. The number of benzene rings is 2. The van der Waals surface area contributed by atoms with E-state index in [2.05, 4.69) is 10.1 Å². The average Bonchev–Trinajstić information content (AvgIpc) is 2.62. The minimum atomic E-state index is -3.33. The molecule has 0 saturated heterocycles. The Morgan fingerprint density at radius 3 is 2.56 bits per heavy atom. The first-order valence-corrected chi connectivity index (χ1v) is 9.92. The van der Waals surface area contributed by atoms with Gasteiger partial charge < -0.3 is 10.1 Å². The van der Waals surface area contributed by atoms with Gasteiger partial charge in [0, 0.05) is 24.0 Å². The van der Waals surface area contributed by atoms with Crippen LogP contribution in [0, 0.1) is 10.1 Å². The predicted octanol–water partition coefficient (Wildman–Crippen LogP) is 1.45. The third kappa shape index (κ3) is 5.23. The van der Waals surface area contributed by atoms with Gasteiger partial charge in [-0.3, -0.25) is 14.9 Å². The summed E-state index contributed by atoms with van der Waals surface area (Å²) in [4.78, 5) is 34.9. The molecule has 9 nitrogen and oxygen atoms in total. The molecule has 0 aliphatic heterocycles. The molecule has 2 aromatic carbocycles. The summed E-state index contributed by atoms with van der Waals surface area (Å²) < 4.78 is 27.3. The SMILES string of the molecule is COC(=O)[C@H](CCS(C)(=O)=O)NC(=O)c1cccc2cc([N+](=O)[O-])ccc12. The standard InChI is InChI=1S/C17H18N2O7S/c1-26-17(21)15(8-9-27(2,24)25)18-16(20)14-5-3-4-11-10-12(19(22)23)6-7-13(11)14/h3-7,10,15H,8-9H2,1-2H3,(H,18,20)/t15-/m0/s1. The Labute approximate surface area is 155 Å². The second-order valence-corrected chi connectivity index (χ2v) is 8.20. The maximum absolute atomic E-state index is 12.6. The molecule has 0 saturated carbocycles. The molecule has 0 fully saturated rings. The van der Waals surface area contributed by atoms with Crippen LogP contribution in [0.2, 0.25) is 0 Å². The molecule has 0 unspecified atom stereocenters. The van der Waals surface area contributed by atoms with Gasteiger partial charge in [0.05, 0.1) is 17.8 Å². The van der Waals surface area contributed by atoms with E-state index in [4.69, 9.17) is 0 Å². The van der Waals surface area contributed by atoms with Crippen molar-refractivity contribution in [2.24, 2.45) is 0 Å². The zero-order chi connectivity index (χ0) is 20.2. The summed E-state index contributed by atoms with van der Waals surface area (Å²) in [6.45, 7) is 0. The first-order valence-electron chi connectivity index (χ1n) is 7.86. The van der Waals surface area contributed by atoms with E-state index in [1.165, 1.54) is 24.3 Å². The molecule has 0 aliphatic rings. The Kier molecular flexibility index (Phi) is 6.11. The first-order chi connectivity index (χ1) is 12.6. The minimum Gasteiger partial charge on any atom is -0.467 e. The molecule has 144 valence electrons. The molecule has 0 aromatic heterocycles. The van der Waals surface area contributed by atoms with Crippen LogP contribution in [-0.2, 0) is 19.4 Å². The molecule has 1 atom stereocenters. The number of ether oxygens (including phenoxy) is 1. The highest BCUT2D eigenvalue weighted by atomic mass is 32.2. The summed E-state index contributed by atoms with van der Waals surface area (Å²) in [6, 6.07) is 7.63. The van der Waals surface area contributed by atoms with E-state index in [-0.39, 0.29) is 23.4 Å². The summed E-state index contributed by atoms with van der Waals surface area (Å²) in [5.41, 5.74) is 0.0938.